The van der Waals surface area contributed by atoms with Crippen molar-refractivity contribution in [1.82, 2.24) is 0 Å². The van der Waals surface area contributed by atoms with Crippen molar-refractivity contribution in [3.63, 3.8) is 0 Å². The zero-order valence-corrected chi connectivity index (χ0v) is 7.01. The molecule has 1 aliphatic heterocycles. The maximum atomic E-state index is 6.15. The van der Waals surface area contributed by atoms with Crippen molar-refractivity contribution in [3.8, 4) is 0 Å². The van der Waals surface area contributed by atoms with Crippen molar-refractivity contribution in [3.05, 3.63) is 0 Å². The van der Waals surface area contributed by atoms with Crippen LogP contribution >= 0.6 is 0 Å². The van der Waals surface area contributed by atoms with Gasteiger partial charge in [-0.15, -0.1) is 0 Å². The van der Waals surface area contributed by atoms with Crippen LogP contribution in [0, 0.1) is 0 Å². The highest BCUT2D eigenvalue weighted by Crippen LogP contribution is 2.37. The second-order valence-corrected chi connectivity index (χ2v) is 3.94. The standard InChI is InChI=1S/C9H17NO/c10-9(5-3-6-9)8-4-1-2-7-11-8/h8H,1-7,10H2/t8-/m1/s1. The summed E-state index contributed by atoms with van der Waals surface area (Å²) in [6.07, 6.45) is 7.77. The predicted molar refractivity (Wildman–Crippen MR) is 44.4 cm³/mol. The van der Waals surface area contributed by atoms with Crippen molar-refractivity contribution in [2.45, 2.75) is 50.2 Å². The summed E-state index contributed by atoms with van der Waals surface area (Å²) in [7, 11) is 0. The number of nitrogens with two attached hydrogens (primary N) is 1. The van der Waals surface area contributed by atoms with Crippen LogP contribution in [0.1, 0.15) is 38.5 Å². The van der Waals surface area contributed by atoms with Crippen molar-refractivity contribution < 1.29 is 4.74 Å². The van der Waals surface area contributed by atoms with Crippen molar-refractivity contribution >= 4 is 0 Å². The van der Waals surface area contributed by atoms with E-state index in [1.807, 2.05) is 0 Å². The first kappa shape index (κ1) is 7.56. The topological polar surface area (TPSA) is 35.2 Å². The zero-order valence-electron chi connectivity index (χ0n) is 7.01. The largest absolute Gasteiger partial charge is 0.376 e. The molecule has 2 nitrogen and oxygen atoms in total. The van der Waals surface area contributed by atoms with E-state index < -0.39 is 0 Å². The lowest BCUT2D eigenvalue weighted by atomic mass is 9.72. The lowest BCUT2D eigenvalue weighted by Gasteiger charge is -2.45. The van der Waals surface area contributed by atoms with Crippen LogP contribution in [0.4, 0.5) is 0 Å². The summed E-state index contributed by atoms with van der Waals surface area (Å²) in [6.45, 7) is 0.934. The van der Waals surface area contributed by atoms with Gasteiger partial charge in [0.15, 0.2) is 0 Å². The monoisotopic (exact) mass is 155 g/mol. The molecule has 0 aromatic rings. The Kier molecular flexibility index (Phi) is 1.90. The van der Waals surface area contributed by atoms with Gasteiger partial charge in [0.05, 0.1) is 6.10 Å². The van der Waals surface area contributed by atoms with Gasteiger partial charge in [-0.25, -0.2) is 0 Å². The van der Waals surface area contributed by atoms with Crippen molar-refractivity contribution in [1.29, 1.82) is 0 Å². The summed E-state index contributed by atoms with van der Waals surface area (Å²) < 4.78 is 5.66. The van der Waals surface area contributed by atoms with Crippen LogP contribution in [-0.2, 0) is 4.74 Å². The summed E-state index contributed by atoms with van der Waals surface area (Å²) in [5.74, 6) is 0. The molecule has 1 aliphatic carbocycles. The average molecular weight is 155 g/mol. The normalized spacial score (nSPS) is 36.3. The van der Waals surface area contributed by atoms with Crippen LogP contribution in [0.15, 0.2) is 0 Å². The summed E-state index contributed by atoms with van der Waals surface area (Å²) in [5.41, 5.74) is 6.22. The van der Waals surface area contributed by atoms with Gasteiger partial charge in [-0.1, -0.05) is 0 Å². The molecule has 0 unspecified atom stereocenters. The molecule has 0 bridgehead atoms. The molecule has 11 heavy (non-hydrogen) atoms. The van der Waals surface area contributed by atoms with E-state index in [2.05, 4.69) is 0 Å². The first-order valence-electron chi connectivity index (χ1n) is 4.72. The number of rotatable bonds is 1. The van der Waals surface area contributed by atoms with Gasteiger partial charge in [-0.05, 0) is 38.5 Å². The fourth-order valence-corrected chi connectivity index (χ4v) is 2.10. The van der Waals surface area contributed by atoms with Gasteiger partial charge < -0.3 is 10.5 Å². The highest BCUT2D eigenvalue weighted by molar-refractivity contribution is 4.99. The van der Waals surface area contributed by atoms with Gasteiger partial charge in [-0.3, -0.25) is 0 Å². The summed E-state index contributed by atoms with van der Waals surface area (Å²) in [6, 6.07) is 0. The molecule has 1 saturated carbocycles. The van der Waals surface area contributed by atoms with E-state index in [9.17, 15) is 0 Å². The van der Waals surface area contributed by atoms with Crippen LogP contribution in [0.3, 0.4) is 0 Å². The van der Waals surface area contributed by atoms with Crippen LogP contribution in [0.25, 0.3) is 0 Å². The lowest BCUT2D eigenvalue weighted by Crippen LogP contribution is -2.57. The third kappa shape index (κ3) is 1.30. The Hall–Kier alpha value is -0.0800. The molecule has 0 aromatic carbocycles. The second-order valence-electron chi connectivity index (χ2n) is 3.94. The zero-order chi connectivity index (χ0) is 7.73. The van der Waals surface area contributed by atoms with Crippen LogP contribution in [-0.4, -0.2) is 18.2 Å². The summed E-state index contributed by atoms with van der Waals surface area (Å²) >= 11 is 0. The van der Waals surface area contributed by atoms with E-state index in [0.717, 1.165) is 6.61 Å². The quantitative estimate of drug-likeness (QED) is 0.622. The number of hydrogen-bond acceptors (Lipinski definition) is 2. The molecule has 2 fully saturated rings. The Morgan fingerprint density at radius 2 is 2.00 bits per heavy atom. The van der Waals surface area contributed by atoms with Crippen LogP contribution < -0.4 is 5.73 Å². The Labute approximate surface area is 68.1 Å². The smallest absolute Gasteiger partial charge is 0.0754 e. The fourth-order valence-electron chi connectivity index (χ4n) is 2.10. The summed E-state index contributed by atoms with van der Waals surface area (Å²) in [4.78, 5) is 0. The van der Waals surface area contributed by atoms with E-state index >= 15 is 0 Å². The van der Waals surface area contributed by atoms with E-state index in [0.29, 0.717) is 6.10 Å². The van der Waals surface area contributed by atoms with Crippen molar-refractivity contribution in [2.24, 2.45) is 5.73 Å². The number of ether oxygens (including phenoxy) is 1. The molecule has 1 saturated heterocycles. The molecule has 64 valence electrons. The average Bonchev–Trinajstić information content (AvgIpc) is 2.02. The van der Waals surface area contributed by atoms with E-state index in [-0.39, 0.29) is 5.54 Å². The highest BCUT2D eigenvalue weighted by atomic mass is 16.5. The Morgan fingerprint density at radius 3 is 2.45 bits per heavy atom. The van der Waals surface area contributed by atoms with E-state index in [1.54, 1.807) is 0 Å². The fraction of sp³-hybridized carbons (Fsp3) is 1.00. The third-order valence-electron chi connectivity index (χ3n) is 3.11. The lowest BCUT2D eigenvalue weighted by molar-refractivity contribution is -0.0576. The molecular weight excluding hydrogens is 138 g/mol. The molecule has 2 heteroatoms. The van der Waals surface area contributed by atoms with Crippen molar-refractivity contribution in [2.75, 3.05) is 6.61 Å². The van der Waals surface area contributed by atoms with Crippen LogP contribution in [0.2, 0.25) is 0 Å². The number of hydrogen-bond donors (Lipinski definition) is 1. The SMILES string of the molecule is NC1([C@H]2CCCCO2)CCC1. The van der Waals surface area contributed by atoms with Gasteiger partial charge in [0.1, 0.15) is 0 Å². The third-order valence-corrected chi connectivity index (χ3v) is 3.11. The van der Waals surface area contributed by atoms with Gasteiger partial charge in [0.25, 0.3) is 0 Å². The second kappa shape index (κ2) is 2.76. The molecule has 2 aliphatic rings. The molecular formula is C9H17NO. The van der Waals surface area contributed by atoms with Gasteiger partial charge >= 0.3 is 0 Å². The first-order valence-corrected chi connectivity index (χ1v) is 4.72. The van der Waals surface area contributed by atoms with Gasteiger partial charge in [0.2, 0.25) is 0 Å². The van der Waals surface area contributed by atoms with Gasteiger partial charge in [0, 0.05) is 12.1 Å². The first-order chi connectivity index (χ1) is 5.31. The summed E-state index contributed by atoms with van der Waals surface area (Å²) in [5, 5.41) is 0. The van der Waals surface area contributed by atoms with E-state index in [1.165, 1.54) is 38.5 Å². The molecule has 2 N–H and O–H groups in total. The Bertz CT molecular complexity index is 136. The minimum Gasteiger partial charge on any atom is -0.376 e. The molecule has 0 amide bonds. The Morgan fingerprint density at radius 1 is 1.18 bits per heavy atom. The van der Waals surface area contributed by atoms with Crippen LogP contribution in [0.5, 0.6) is 0 Å². The highest BCUT2D eigenvalue weighted by Gasteiger charge is 2.41. The minimum atomic E-state index is 0.0699. The molecule has 0 aromatic heterocycles. The molecule has 2 rings (SSSR count). The van der Waals surface area contributed by atoms with Gasteiger partial charge in [-0.2, -0.15) is 0 Å². The minimum absolute atomic E-state index is 0.0699. The predicted octanol–water partition coefficient (Wildman–Crippen LogP) is 1.44. The van der Waals surface area contributed by atoms with E-state index in [4.69, 9.17) is 10.5 Å². The maximum absolute atomic E-state index is 6.15. The molecule has 1 heterocycles. The maximum Gasteiger partial charge on any atom is 0.0754 e. The Balaban J connectivity index is 1.91. The molecule has 1 atom stereocenters. The molecule has 0 spiro atoms. The molecule has 0 radical (unpaired) electrons.